The summed E-state index contributed by atoms with van der Waals surface area (Å²) in [6.07, 6.45) is 4.00. The van der Waals surface area contributed by atoms with Gasteiger partial charge in [-0.15, -0.1) is 0 Å². The molecule has 0 spiro atoms. The molecule has 2 heterocycles. The Bertz CT molecular complexity index is 468. The molecule has 0 radical (unpaired) electrons. The maximum atomic E-state index is 6.10. The summed E-state index contributed by atoms with van der Waals surface area (Å²) < 4.78 is 6.02. The molecule has 0 saturated carbocycles. The number of morpholine rings is 1. The zero-order chi connectivity index (χ0) is 14.7. The van der Waals surface area contributed by atoms with Crippen molar-refractivity contribution in [1.29, 1.82) is 0 Å². The highest BCUT2D eigenvalue weighted by Crippen LogP contribution is 2.24. The lowest BCUT2D eigenvalue weighted by Gasteiger charge is -2.36. The molecule has 4 heteroatoms. The van der Waals surface area contributed by atoms with E-state index >= 15 is 0 Å². The third-order valence-electron chi connectivity index (χ3n) is 4.71. The van der Waals surface area contributed by atoms with Gasteiger partial charge in [0.15, 0.2) is 0 Å². The lowest BCUT2D eigenvalue weighted by Crippen LogP contribution is -2.49. The summed E-state index contributed by atoms with van der Waals surface area (Å²) in [5.41, 5.74) is 1.26. The molecule has 2 aliphatic heterocycles. The highest BCUT2D eigenvalue weighted by Gasteiger charge is 2.32. The average Bonchev–Trinajstić information content (AvgIpc) is 2.95. The van der Waals surface area contributed by atoms with Crippen molar-refractivity contribution in [3.05, 3.63) is 34.9 Å². The van der Waals surface area contributed by atoms with Crippen molar-refractivity contribution in [3.8, 4) is 0 Å². The number of ether oxygens (including phenoxy) is 1. The monoisotopic (exact) mass is 308 g/mol. The number of nitrogens with zero attached hydrogens (tertiary/aromatic N) is 1. The van der Waals surface area contributed by atoms with Crippen LogP contribution in [0.4, 0.5) is 0 Å². The normalized spacial score (nSPS) is 27.5. The van der Waals surface area contributed by atoms with Crippen LogP contribution in [0.15, 0.2) is 24.3 Å². The molecule has 2 fully saturated rings. The number of hydrogen-bond donors (Lipinski definition) is 1. The number of nitrogens with one attached hydrogen (secondary N) is 1. The zero-order valence-electron chi connectivity index (χ0n) is 12.7. The lowest BCUT2D eigenvalue weighted by molar-refractivity contribution is -0.0479. The summed E-state index contributed by atoms with van der Waals surface area (Å²) in [6.45, 7) is 6.34. The van der Waals surface area contributed by atoms with Crippen LogP contribution in [0.1, 0.15) is 37.8 Å². The van der Waals surface area contributed by atoms with Gasteiger partial charge in [-0.1, -0.05) is 30.7 Å². The maximum absolute atomic E-state index is 6.10. The topological polar surface area (TPSA) is 24.5 Å². The van der Waals surface area contributed by atoms with Crippen molar-refractivity contribution in [2.24, 2.45) is 0 Å². The Balaban J connectivity index is 1.53. The van der Waals surface area contributed by atoms with Gasteiger partial charge in [0.05, 0.1) is 12.7 Å². The third kappa shape index (κ3) is 3.78. The van der Waals surface area contributed by atoms with E-state index in [1.54, 1.807) is 0 Å². The first-order chi connectivity index (χ1) is 10.3. The molecule has 0 bridgehead atoms. The molecule has 116 valence electrons. The van der Waals surface area contributed by atoms with Crippen LogP contribution in [0.25, 0.3) is 0 Å². The van der Waals surface area contributed by atoms with Gasteiger partial charge in [-0.3, -0.25) is 4.90 Å². The largest absolute Gasteiger partial charge is 0.374 e. The highest BCUT2D eigenvalue weighted by molar-refractivity contribution is 6.30. The quantitative estimate of drug-likeness (QED) is 0.904. The molecule has 0 aliphatic carbocycles. The third-order valence-corrected chi connectivity index (χ3v) is 4.95. The molecule has 2 aliphatic rings. The van der Waals surface area contributed by atoms with Gasteiger partial charge < -0.3 is 10.1 Å². The first-order valence-electron chi connectivity index (χ1n) is 8.10. The van der Waals surface area contributed by atoms with Crippen LogP contribution in [0.2, 0.25) is 5.02 Å². The van der Waals surface area contributed by atoms with Crippen LogP contribution in [0, 0.1) is 0 Å². The fourth-order valence-corrected chi connectivity index (χ4v) is 3.70. The zero-order valence-corrected chi connectivity index (χ0v) is 13.5. The number of hydrogen-bond acceptors (Lipinski definition) is 3. The predicted molar refractivity (Wildman–Crippen MR) is 86.8 cm³/mol. The van der Waals surface area contributed by atoms with Crippen molar-refractivity contribution in [2.45, 2.75) is 44.4 Å². The first kappa shape index (κ1) is 15.3. The molecule has 3 nitrogen and oxygen atoms in total. The van der Waals surface area contributed by atoms with Gasteiger partial charge in [0.1, 0.15) is 0 Å². The van der Waals surface area contributed by atoms with E-state index in [9.17, 15) is 0 Å². The predicted octanol–water partition coefficient (Wildman–Crippen LogP) is 3.24. The summed E-state index contributed by atoms with van der Waals surface area (Å²) >= 11 is 6.10. The number of fused-ring (bicyclic) bond motifs is 1. The second kappa shape index (κ2) is 7.10. The van der Waals surface area contributed by atoms with Gasteiger partial charge in [0.2, 0.25) is 0 Å². The molecule has 1 N–H and O–H groups in total. The van der Waals surface area contributed by atoms with Crippen molar-refractivity contribution in [2.75, 3.05) is 26.2 Å². The van der Waals surface area contributed by atoms with E-state index < -0.39 is 0 Å². The Morgan fingerprint density at radius 2 is 2.38 bits per heavy atom. The Hall–Kier alpha value is -0.610. The summed E-state index contributed by atoms with van der Waals surface area (Å²) in [4.78, 5) is 2.59. The van der Waals surface area contributed by atoms with Gasteiger partial charge in [-0.25, -0.2) is 0 Å². The van der Waals surface area contributed by atoms with E-state index in [0.717, 1.165) is 31.1 Å². The van der Waals surface area contributed by atoms with E-state index in [2.05, 4.69) is 29.3 Å². The van der Waals surface area contributed by atoms with Crippen LogP contribution in [-0.2, 0) is 4.74 Å². The van der Waals surface area contributed by atoms with Crippen LogP contribution >= 0.6 is 11.6 Å². The average molecular weight is 309 g/mol. The molecule has 1 aromatic rings. The number of rotatable bonds is 5. The smallest absolute Gasteiger partial charge is 0.0827 e. The molecule has 2 saturated heterocycles. The summed E-state index contributed by atoms with van der Waals surface area (Å²) in [6, 6.07) is 9.18. The van der Waals surface area contributed by atoms with Crippen LogP contribution in [0.5, 0.6) is 0 Å². The van der Waals surface area contributed by atoms with Crippen molar-refractivity contribution < 1.29 is 4.74 Å². The van der Waals surface area contributed by atoms with E-state index in [4.69, 9.17) is 16.3 Å². The Labute approximate surface area is 132 Å². The molecule has 21 heavy (non-hydrogen) atoms. The summed E-state index contributed by atoms with van der Waals surface area (Å²) in [5, 5.41) is 4.46. The second-order valence-electron chi connectivity index (χ2n) is 6.17. The number of halogens is 1. The maximum Gasteiger partial charge on any atom is 0.0827 e. The van der Waals surface area contributed by atoms with Crippen LogP contribution in [-0.4, -0.2) is 43.3 Å². The van der Waals surface area contributed by atoms with Gasteiger partial charge in [-0.2, -0.15) is 0 Å². The SMILES string of the molecule is CCC(NCC1CN2CCCC2CO1)c1cccc(Cl)c1. The molecule has 1 aromatic carbocycles. The minimum atomic E-state index is 0.313. The van der Waals surface area contributed by atoms with Crippen LogP contribution < -0.4 is 5.32 Å². The minimum absolute atomic E-state index is 0.313. The Morgan fingerprint density at radius 1 is 1.48 bits per heavy atom. The molecular weight excluding hydrogens is 284 g/mol. The van der Waals surface area contributed by atoms with Crippen molar-refractivity contribution >= 4 is 11.6 Å². The van der Waals surface area contributed by atoms with Gasteiger partial charge in [0.25, 0.3) is 0 Å². The molecule has 3 atom stereocenters. The van der Waals surface area contributed by atoms with E-state index in [0.29, 0.717) is 18.2 Å². The fraction of sp³-hybridized carbons (Fsp3) is 0.647. The molecule has 0 amide bonds. The number of benzene rings is 1. The van der Waals surface area contributed by atoms with Crippen LogP contribution in [0.3, 0.4) is 0 Å². The summed E-state index contributed by atoms with van der Waals surface area (Å²) in [5.74, 6) is 0. The minimum Gasteiger partial charge on any atom is -0.374 e. The van der Waals surface area contributed by atoms with E-state index in [1.807, 2.05) is 12.1 Å². The van der Waals surface area contributed by atoms with Crippen molar-refractivity contribution in [3.63, 3.8) is 0 Å². The fourth-order valence-electron chi connectivity index (χ4n) is 3.50. The molecule has 3 rings (SSSR count). The van der Waals surface area contributed by atoms with Gasteiger partial charge in [0, 0.05) is 30.2 Å². The standard InChI is InChI=1S/C17H25ClN2O/c1-2-17(13-5-3-6-14(18)9-13)19-10-16-11-20-8-4-7-15(20)12-21-16/h3,5-6,9,15-17,19H,2,4,7-8,10-12H2,1H3. The Kier molecular flexibility index (Phi) is 5.17. The van der Waals surface area contributed by atoms with Crippen molar-refractivity contribution in [1.82, 2.24) is 10.2 Å². The molecule has 0 aromatic heterocycles. The van der Waals surface area contributed by atoms with Gasteiger partial charge in [-0.05, 0) is 43.5 Å². The second-order valence-corrected chi connectivity index (χ2v) is 6.61. The first-order valence-corrected chi connectivity index (χ1v) is 8.48. The lowest BCUT2D eigenvalue weighted by atomic mass is 10.0. The molecule has 3 unspecified atom stereocenters. The van der Waals surface area contributed by atoms with Gasteiger partial charge >= 0.3 is 0 Å². The summed E-state index contributed by atoms with van der Waals surface area (Å²) in [7, 11) is 0. The highest BCUT2D eigenvalue weighted by atomic mass is 35.5. The Morgan fingerprint density at radius 3 is 3.19 bits per heavy atom. The van der Waals surface area contributed by atoms with E-state index in [1.165, 1.54) is 24.9 Å². The molecular formula is C17H25ClN2O. The van der Waals surface area contributed by atoms with E-state index in [-0.39, 0.29) is 0 Å².